The van der Waals surface area contributed by atoms with Crippen molar-refractivity contribution < 1.29 is 4.79 Å². The fourth-order valence-corrected chi connectivity index (χ4v) is 3.51. The molecule has 1 atom stereocenters. The van der Waals surface area contributed by atoms with E-state index in [4.69, 9.17) is 0 Å². The lowest BCUT2D eigenvalue weighted by Gasteiger charge is -2.26. The van der Waals surface area contributed by atoms with Gasteiger partial charge in [0, 0.05) is 38.4 Å². The maximum absolute atomic E-state index is 12.7. The molecule has 1 saturated heterocycles. The second-order valence-corrected chi connectivity index (χ2v) is 7.45. The van der Waals surface area contributed by atoms with Crippen LogP contribution in [0.25, 0.3) is 0 Å². The number of pyridine rings is 1. The summed E-state index contributed by atoms with van der Waals surface area (Å²) in [6.07, 6.45) is 3.99. The van der Waals surface area contributed by atoms with E-state index in [-0.39, 0.29) is 11.9 Å². The normalized spacial score (nSPS) is 19.0. The molecule has 2 N–H and O–H groups in total. The number of amides is 1. The lowest BCUT2D eigenvalue weighted by Crippen LogP contribution is -2.44. The topological polar surface area (TPSA) is 88.0 Å². The molecule has 1 amide bonds. The third kappa shape index (κ3) is 4.70. The SMILES string of the molecule is Cc1cccc([C@H](NC(=O)c2cn(CCN3CCNCC3)nn2)C2CC2)n1. The molecule has 3 heterocycles. The van der Waals surface area contributed by atoms with Gasteiger partial charge < -0.3 is 10.6 Å². The van der Waals surface area contributed by atoms with Gasteiger partial charge in [-0.3, -0.25) is 19.4 Å². The number of nitrogens with zero attached hydrogens (tertiary/aromatic N) is 5. The second kappa shape index (κ2) is 8.14. The zero-order valence-corrected chi connectivity index (χ0v) is 15.8. The van der Waals surface area contributed by atoms with E-state index >= 15 is 0 Å². The average molecular weight is 369 g/mol. The number of hydrogen-bond donors (Lipinski definition) is 2. The van der Waals surface area contributed by atoms with Crippen LogP contribution >= 0.6 is 0 Å². The van der Waals surface area contributed by atoms with Crippen LogP contribution in [-0.2, 0) is 6.54 Å². The summed E-state index contributed by atoms with van der Waals surface area (Å²) >= 11 is 0. The van der Waals surface area contributed by atoms with Crippen molar-refractivity contribution in [3.8, 4) is 0 Å². The van der Waals surface area contributed by atoms with Crippen molar-refractivity contribution in [3.05, 3.63) is 41.5 Å². The van der Waals surface area contributed by atoms with E-state index in [0.29, 0.717) is 11.6 Å². The van der Waals surface area contributed by atoms with Crippen molar-refractivity contribution in [2.24, 2.45) is 5.92 Å². The van der Waals surface area contributed by atoms with Gasteiger partial charge in [0.25, 0.3) is 5.91 Å². The van der Waals surface area contributed by atoms with E-state index in [9.17, 15) is 4.79 Å². The number of piperazine rings is 1. The molecule has 0 aromatic carbocycles. The van der Waals surface area contributed by atoms with Crippen LogP contribution in [0, 0.1) is 12.8 Å². The highest BCUT2D eigenvalue weighted by Gasteiger charge is 2.35. The molecule has 1 saturated carbocycles. The minimum atomic E-state index is -0.177. The van der Waals surface area contributed by atoms with Crippen LogP contribution in [0.2, 0.25) is 0 Å². The van der Waals surface area contributed by atoms with Crippen LogP contribution in [0.3, 0.4) is 0 Å². The van der Waals surface area contributed by atoms with Gasteiger partial charge in [-0.15, -0.1) is 5.10 Å². The molecule has 0 unspecified atom stereocenters. The van der Waals surface area contributed by atoms with Crippen LogP contribution in [-0.4, -0.2) is 63.5 Å². The summed E-state index contributed by atoms with van der Waals surface area (Å²) in [5, 5.41) is 14.7. The van der Waals surface area contributed by atoms with Gasteiger partial charge in [0.2, 0.25) is 0 Å². The van der Waals surface area contributed by atoms with Crippen LogP contribution in [0.4, 0.5) is 0 Å². The zero-order valence-electron chi connectivity index (χ0n) is 15.8. The molecule has 0 bridgehead atoms. The fraction of sp³-hybridized carbons (Fsp3) is 0.579. The lowest BCUT2D eigenvalue weighted by atomic mass is 10.1. The average Bonchev–Trinajstić information content (AvgIpc) is 3.42. The molecule has 8 nitrogen and oxygen atoms in total. The molecule has 1 aliphatic carbocycles. The maximum atomic E-state index is 12.7. The molecule has 1 aliphatic heterocycles. The van der Waals surface area contributed by atoms with E-state index in [1.807, 2.05) is 25.1 Å². The summed E-state index contributed by atoms with van der Waals surface area (Å²) in [5.41, 5.74) is 2.26. The second-order valence-electron chi connectivity index (χ2n) is 7.45. The Labute approximate surface area is 159 Å². The number of aryl methyl sites for hydroxylation is 1. The van der Waals surface area contributed by atoms with Crippen LogP contribution in [0.5, 0.6) is 0 Å². The molecule has 4 rings (SSSR count). The number of rotatable bonds is 7. The minimum Gasteiger partial charge on any atom is -0.342 e. The molecule has 144 valence electrons. The van der Waals surface area contributed by atoms with E-state index in [0.717, 1.165) is 63.5 Å². The summed E-state index contributed by atoms with van der Waals surface area (Å²) in [5.74, 6) is 0.287. The van der Waals surface area contributed by atoms with Gasteiger partial charge in [-0.2, -0.15) is 0 Å². The Morgan fingerprint density at radius 2 is 2.11 bits per heavy atom. The van der Waals surface area contributed by atoms with Crippen LogP contribution in [0.1, 0.15) is 40.8 Å². The number of carbonyl (C=O) groups is 1. The van der Waals surface area contributed by atoms with Gasteiger partial charge in [0.05, 0.1) is 24.5 Å². The summed E-state index contributed by atoms with van der Waals surface area (Å²) in [7, 11) is 0. The van der Waals surface area contributed by atoms with E-state index in [2.05, 4.69) is 30.8 Å². The van der Waals surface area contributed by atoms with Gasteiger partial charge in [0.1, 0.15) is 0 Å². The molecule has 2 fully saturated rings. The Morgan fingerprint density at radius 3 is 2.85 bits per heavy atom. The minimum absolute atomic E-state index is 0.0524. The number of carbonyl (C=O) groups excluding carboxylic acids is 1. The quantitative estimate of drug-likeness (QED) is 0.749. The smallest absolute Gasteiger partial charge is 0.274 e. The molecule has 0 radical (unpaired) electrons. The van der Waals surface area contributed by atoms with Gasteiger partial charge in [0.15, 0.2) is 5.69 Å². The largest absolute Gasteiger partial charge is 0.342 e. The van der Waals surface area contributed by atoms with Gasteiger partial charge in [-0.1, -0.05) is 11.3 Å². The summed E-state index contributed by atoms with van der Waals surface area (Å²) in [6.45, 7) is 7.79. The molecular weight excluding hydrogens is 342 g/mol. The van der Waals surface area contributed by atoms with E-state index in [1.54, 1.807) is 10.9 Å². The number of aromatic nitrogens is 4. The molecule has 0 spiro atoms. The first kappa shape index (κ1) is 18.1. The highest BCUT2D eigenvalue weighted by Crippen LogP contribution is 2.40. The third-order valence-corrected chi connectivity index (χ3v) is 5.23. The van der Waals surface area contributed by atoms with Crippen molar-refractivity contribution in [3.63, 3.8) is 0 Å². The van der Waals surface area contributed by atoms with E-state index < -0.39 is 0 Å². The maximum Gasteiger partial charge on any atom is 0.274 e. The predicted octanol–water partition coefficient (Wildman–Crippen LogP) is 0.768. The Kier molecular flexibility index (Phi) is 5.45. The third-order valence-electron chi connectivity index (χ3n) is 5.23. The molecule has 27 heavy (non-hydrogen) atoms. The predicted molar refractivity (Wildman–Crippen MR) is 101 cm³/mol. The van der Waals surface area contributed by atoms with Gasteiger partial charge in [-0.25, -0.2) is 0 Å². The van der Waals surface area contributed by atoms with Crippen LogP contribution in [0.15, 0.2) is 24.4 Å². The molecule has 8 heteroatoms. The van der Waals surface area contributed by atoms with E-state index in [1.165, 1.54) is 0 Å². The molecule has 2 aliphatic rings. The summed E-state index contributed by atoms with van der Waals surface area (Å²) in [4.78, 5) is 19.7. The van der Waals surface area contributed by atoms with Gasteiger partial charge in [-0.05, 0) is 37.8 Å². The first-order chi connectivity index (χ1) is 13.2. The first-order valence-corrected chi connectivity index (χ1v) is 9.77. The molecule has 2 aromatic heterocycles. The Bertz CT molecular complexity index is 780. The standard InChI is InChI=1S/C19H27N7O/c1-14-3-2-4-16(21-14)18(15-5-6-15)22-19(27)17-13-26(24-23-17)12-11-25-9-7-20-8-10-25/h2-4,13,15,18,20H,5-12H2,1H3,(H,22,27)/t18-/m1/s1. The summed E-state index contributed by atoms with van der Waals surface area (Å²) < 4.78 is 1.76. The highest BCUT2D eigenvalue weighted by molar-refractivity contribution is 5.92. The van der Waals surface area contributed by atoms with Crippen molar-refractivity contribution in [2.75, 3.05) is 32.7 Å². The monoisotopic (exact) mass is 369 g/mol. The Morgan fingerprint density at radius 1 is 1.30 bits per heavy atom. The molecular formula is C19H27N7O. The number of nitrogens with one attached hydrogen (secondary N) is 2. The van der Waals surface area contributed by atoms with Crippen molar-refractivity contribution >= 4 is 5.91 Å². The number of hydrogen-bond acceptors (Lipinski definition) is 6. The first-order valence-electron chi connectivity index (χ1n) is 9.77. The Hall–Kier alpha value is -2.32. The molecule has 2 aromatic rings. The van der Waals surface area contributed by atoms with Crippen molar-refractivity contribution in [1.29, 1.82) is 0 Å². The summed E-state index contributed by atoms with van der Waals surface area (Å²) in [6, 6.07) is 5.90. The van der Waals surface area contributed by atoms with Gasteiger partial charge >= 0.3 is 0 Å². The van der Waals surface area contributed by atoms with Crippen LogP contribution < -0.4 is 10.6 Å². The van der Waals surface area contributed by atoms with Crippen molar-refractivity contribution in [1.82, 2.24) is 35.5 Å². The Balaban J connectivity index is 1.36. The highest BCUT2D eigenvalue weighted by atomic mass is 16.2. The fourth-order valence-electron chi connectivity index (χ4n) is 3.51. The lowest BCUT2D eigenvalue weighted by molar-refractivity contribution is 0.0925. The van der Waals surface area contributed by atoms with Crippen molar-refractivity contribution in [2.45, 2.75) is 32.4 Å². The zero-order chi connectivity index (χ0) is 18.6.